The number of halogens is 3. The smallest absolute Gasteiger partial charge is 0.149 e. The van der Waals surface area contributed by atoms with Crippen molar-refractivity contribution in [1.82, 2.24) is 0 Å². The Morgan fingerprint density at radius 3 is 2.19 bits per heavy atom. The average molecular weight is 353 g/mol. The van der Waals surface area contributed by atoms with E-state index in [-0.39, 0.29) is 5.57 Å². The molecule has 0 radical (unpaired) electrons. The highest BCUT2D eigenvalue weighted by molar-refractivity contribution is 5.67. The van der Waals surface area contributed by atoms with Crippen molar-refractivity contribution in [3.05, 3.63) is 89.8 Å². The van der Waals surface area contributed by atoms with Crippen LogP contribution in [0.1, 0.15) is 18.9 Å². The molecule has 0 bridgehead atoms. The number of nitrogens with two attached hydrogens (primary N) is 1. The first-order chi connectivity index (χ1) is 12.4. The summed E-state index contributed by atoms with van der Waals surface area (Å²) in [6, 6.07) is 9.04. The fourth-order valence-electron chi connectivity index (χ4n) is 2.28. The first kappa shape index (κ1) is 19.1. The SMILES string of the molecule is C=C/C(CC)=C(\F)C(=C)C#Cc1ccc(-c2cc(F)c(N)c(F)c2)cc1. The van der Waals surface area contributed by atoms with E-state index in [1.54, 1.807) is 24.3 Å². The van der Waals surface area contributed by atoms with E-state index in [1.807, 2.05) is 6.92 Å². The number of nitrogen functional groups attached to an aromatic ring is 1. The lowest BCUT2D eigenvalue weighted by atomic mass is 10.0. The summed E-state index contributed by atoms with van der Waals surface area (Å²) in [4.78, 5) is 0. The van der Waals surface area contributed by atoms with Crippen molar-refractivity contribution in [3.63, 3.8) is 0 Å². The number of benzene rings is 2. The Bertz CT molecular complexity index is 919. The van der Waals surface area contributed by atoms with Crippen LogP contribution in [0.3, 0.4) is 0 Å². The largest absolute Gasteiger partial charge is 0.394 e. The lowest BCUT2D eigenvalue weighted by Gasteiger charge is -2.05. The number of allylic oxidation sites excluding steroid dienone is 4. The van der Waals surface area contributed by atoms with Gasteiger partial charge in [0, 0.05) is 5.56 Å². The minimum atomic E-state index is -0.809. The molecule has 1 nitrogen and oxygen atoms in total. The highest BCUT2D eigenvalue weighted by Crippen LogP contribution is 2.26. The van der Waals surface area contributed by atoms with Gasteiger partial charge in [-0.3, -0.25) is 0 Å². The van der Waals surface area contributed by atoms with E-state index in [2.05, 4.69) is 25.0 Å². The third kappa shape index (κ3) is 4.25. The molecule has 0 unspecified atom stereocenters. The quantitative estimate of drug-likeness (QED) is 0.411. The molecule has 0 aromatic heterocycles. The minimum Gasteiger partial charge on any atom is -0.394 e. The molecule has 0 aliphatic rings. The van der Waals surface area contributed by atoms with E-state index in [0.717, 1.165) is 0 Å². The summed E-state index contributed by atoms with van der Waals surface area (Å²) in [5, 5.41) is 0. The van der Waals surface area contributed by atoms with Crippen LogP contribution in [0, 0.1) is 23.5 Å². The van der Waals surface area contributed by atoms with Gasteiger partial charge in [0.2, 0.25) is 0 Å². The Balaban J connectivity index is 2.25. The molecule has 0 aliphatic heterocycles. The van der Waals surface area contributed by atoms with Crippen molar-refractivity contribution < 1.29 is 13.2 Å². The van der Waals surface area contributed by atoms with E-state index in [9.17, 15) is 13.2 Å². The zero-order valence-corrected chi connectivity index (χ0v) is 14.4. The molecule has 0 amide bonds. The first-order valence-electron chi connectivity index (χ1n) is 7.94. The predicted molar refractivity (Wildman–Crippen MR) is 101 cm³/mol. The molecule has 0 spiro atoms. The molecule has 0 heterocycles. The molecule has 2 aromatic rings. The topological polar surface area (TPSA) is 26.0 Å². The van der Waals surface area contributed by atoms with Crippen LogP contribution in [0.15, 0.2) is 72.6 Å². The van der Waals surface area contributed by atoms with Crippen LogP contribution < -0.4 is 5.73 Å². The van der Waals surface area contributed by atoms with E-state index in [4.69, 9.17) is 5.73 Å². The molecule has 0 saturated carbocycles. The Morgan fingerprint density at radius 1 is 1.12 bits per heavy atom. The fraction of sp³-hybridized carbons (Fsp3) is 0.0909. The van der Waals surface area contributed by atoms with E-state index in [0.29, 0.717) is 28.7 Å². The second kappa shape index (κ2) is 8.26. The maximum Gasteiger partial charge on any atom is 0.149 e. The van der Waals surface area contributed by atoms with Crippen LogP contribution in [0.2, 0.25) is 0 Å². The molecule has 26 heavy (non-hydrogen) atoms. The molecule has 132 valence electrons. The van der Waals surface area contributed by atoms with Gasteiger partial charge in [0.05, 0.1) is 5.57 Å². The minimum absolute atomic E-state index is 0.0773. The van der Waals surface area contributed by atoms with Gasteiger partial charge < -0.3 is 5.73 Å². The van der Waals surface area contributed by atoms with Crippen LogP contribution in [-0.4, -0.2) is 0 Å². The standard InChI is InChI=1S/C22H18F3N/c1-4-16(5-2)21(25)14(3)6-7-15-8-10-17(11-9-15)18-12-19(23)22(26)20(24)13-18/h4,8-13H,1,3,5,26H2,2H3/b21-16+. The summed E-state index contributed by atoms with van der Waals surface area (Å²) in [6.07, 6.45) is 1.95. The lowest BCUT2D eigenvalue weighted by molar-refractivity contribution is 0.592. The van der Waals surface area contributed by atoms with Gasteiger partial charge in [0.25, 0.3) is 0 Å². The molecular weight excluding hydrogens is 335 g/mol. The summed E-state index contributed by atoms with van der Waals surface area (Å²) < 4.78 is 41.2. The molecule has 2 aromatic carbocycles. The van der Waals surface area contributed by atoms with Crippen molar-refractivity contribution in [3.8, 4) is 23.0 Å². The van der Waals surface area contributed by atoms with Crippen LogP contribution in [0.5, 0.6) is 0 Å². The summed E-state index contributed by atoms with van der Waals surface area (Å²) in [5.41, 5.74) is 6.89. The maximum atomic E-state index is 14.1. The van der Waals surface area contributed by atoms with Crippen LogP contribution >= 0.6 is 0 Å². The highest BCUT2D eigenvalue weighted by Gasteiger charge is 2.09. The third-order valence-electron chi connectivity index (χ3n) is 3.83. The summed E-state index contributed by atoms with van der Waals surface area (Å²) in [6.45, 7) is 9.01. The molecule has 4 heteroatoms. The molecule has 0 atom stereocenters. The van der Waals surface area contributed by atoms with Crippen LogP contribution in [0.4, 0.5) is 18.9 Å². The van der Waals surface area contributed by atoms with Gasteiger partial charge in [-0.2, -0.15) is 0 Å². The number of rotatable bonds is 4. The fourth-order valence-corrected chi connectivity index (χ4v) is 2.28. The van der Waals surface area contributed by atoms with Crippen molar-refractivity contribution in [2.75, 3.05) is 5.73 Å². The monoisotopic (exact) mass is 353 g/mol. The van der Waals surface area contributed by atoms with Gasteiger partial charge in [-0.05, 0) is 47.4 Å². The van der Waals surface area contributed by atoms with Crippen molar-refractivity contribution in [2.24, 2.45) is 0 Å². The zero-order chi connectivity index (χ0) is 19.3. The van der Waals surface area contributed by atoms with E-state index >= 15 is 0 Å². The molecule has 0 saturated heterocycles. The summed E-state index contributed by atoms with van der Waals surface area (Å²) >= 11 is 0. The number of hydrogen-bond acceptors (Lipinski definition) is 1. The maximum absolute atomic E-state index is 14.1. The van der Waals surface area contributed by atoms with Gasteiger partial charge in [-0.1, -0.05) is 50.1 Å². The number of anilines is 1. The Kier molecular flexibility index (Phi) is 6.08. The molecule has 2 rings (SSSR count). The Hall–Kier alpha value is -3.19. The predicted octanol–water partition coefficient (Wildman–Crippen LogP) is 5.94. The van der Waals surface area contributed by atoms with E-state index < -0.39 is 23.1 Å². The molecular formula is C22H18F3N. The van der Waals surface area contributed by atoms with Crippen LogP contribution in [0.25, 0.3) is 11.1 Å². The molecule has 0 fully saturated rings. The first-order valence-corrected chi connectivity index (χ1v) is 7.94. The zero-order valence-electron chi connectivity index (χ0n) is 14.4. The summed E-state index contributed by atoms with van der Waals surface area (Å²) in [7, 11) is 0. The van der Waals surface area contributed by atoms with Crippen molar-refractivity contribution >= 4 is 5.69 Å². The normalized spacial score (nSPS) is 11.2. The van der Waals surface area contributed by atoms with Crippen LogP contribution in [-0.2, 0) is 0 Å². The number of hydrogen-bond donors (Lipinski definition) is 1. The second-order valence-corrected chi connectivity index (χ2v) is 5.56. The van der Waals surface area contributed by atoms with Crippen molar-refractivity contribution in [2.45, 2.75) is 13.3 Å². The van der Waals surface area contributed by atoms with Gasteiger partial charge in [-0.25, -0.2) is 13.2 Å². The Morgan fingerprint density at radius 2 is 1.69 bits per heavy atom. The Labute approximate surface area is 151 Å². The molecule has 2 N–H and O–H groups in total. The van der Waals surface area contributed by atoms with Gasteiger partial charge >= 0.3 is 0 Å². The highest BCUT2D eigenvalue weighted by atomic mass is 19.1. The van der Waals surface area contributed by atoms with E-state index in [1.165, 1.54) is 18.2 Å². The van der Waals surface area contributed by atoms with Crippen molar-refractivity contribution in [1.29, 1.82) is 0 Å². The molecule has 0 aliphatic carbocycles. The van der Waals surface area contributed by atoms with Gasteiger partial charge in [-0.15, -0.1) is 0 Å². The summed E-state index contributed by atoms with van der Waals surface area (Å²) in [5.74, 6) is 3.39. The average Bonchev–Trinajstić information content (AvgIpc) is 2.65. The third-order valence-corrected chi connectivity index (χ3v) is 3.83. The van der Waals surface area contributed by atoms with Gasteiger partial charge in [0.1, 0.15) is 23.1 Å². The lowest BCUT2D eigenvalue weighted by Crippen LogP contribution is -1.96. The van der Waals surface area contributed by atoms with Gasteiger partial charge in [0.15, 0.2) is 0 Å². The second-order valence-electron chi connectivity index (χ2n) is 5.56.